The Balaban J connectivity index is 1.34. The second-order valence-corrected chi connectivity index (χ2v) is 7.54. The highest BCUT2D eigenvalue weighted by molar-refractivity contribution is 6.31. The van der Waals surface area contributed by atoms with Crippen LogP contribution in [0.2, 0.25) is 5.02 Å². The summed E-state index contributed by atoms with van der Waals surface area (Å²) >= 11 is 6.27. The van der Waals surface area contributed by atoms with Gasteiger partial charge in [-0.15, -0.1) is 0 Å². The van der Waals surface area contributed by atoms with Crippen molar-refractivity contribution in [3.63, 3.8) is 0 Å². The zero-order valence-corrected chi connectivity index (χ0v) is 14.6. The monoisotopic (exact) mass is 343 g/mol. The molecule has 4 rings (SSSR count). The van der Waals surface area contributed by atoms with Crippen molar-refractivity contribution in [3.05, 3.63) is 52.8 Å². The predicted octanol–water partition coefficient (Wildman–Crippen LogP) is 3.27. The summed E-state index contributed by atoms with van der Waals surface area (Å²) in [7, 11) is 1.94. The Labute approximate surface area is 147 Å². The normalized spacial score (nSPS) is 25.9. The molecule has 2 aliphatic rings. The van der Waals surface area contributed by atoms with Crippen molar-refractivity contribution in [1.82, 2.24) is 14.7 Å². The molecular weight excluding hydrogens is 322 g/mol. The lowest BCUT2D eigenvalue weighted by Gasteiger charge is -2.16. The Hall–Kier alpha value is -1.81. The minimum absolute atomic E-state index is 0.127. The minimum Gasteiger partial charge on any atom is -0.342 e. The number of halogens is 1. The molecule has 4 nitrogen and oxygen atoms in total. The Morgan fingerprint density at radius 3 is 2.96 bits per heavy atom. The molecule has 1 aromatic heterocycles. The van der Waals surface area contributed by atoms with E-state index in [0.717, 1.165) is 42.9 Å². The molecule has 5 heteroatoms. The van der Waals surface area contributed by atoms with Gasteiger partial charge in [0, 0.05) is 37.3 Å². The van der Waals surface area contributed by atoms with Gasteiger partial charge in [-0.1, -0.05) is 29.8 Å². The smallest absolute Gasteiger partial charge is 0.226 e. The van der Waals surface area contributed by atoms with Crippen molar-refractivity contribution in [2.75, 3.05) is 13.1 Å². The zero-order chi connectivity index (χ0) is 16.7. The van der Waals surface area contributed by atoms with E-state index < -0.39 is 0 Å². The third kappa shape index (κ3) is 3.07. The molecule has 0 radical (unpaired) electrons. The third-order valence-corrected chi connectivity index (χ3v) is 5.64. The van der Waals surface area contributed by atoms with E-state index in [2.05, 4.69) is 22.3 Å². The van der Waals surface area contributed by atoms with Gasteiger partial charge in [0.15, 0.2) is 0 Å². The zero-order valence-electron chi connectivity index (χ0n) is 13.9. The lowest BCUT2D eigenvalue weighted by atomic mass is 10.0. The molecule has 3 atom stereocenters. The van der Waals surface area contributed by atoms with Crippen LogP contribution in [-0.4, -0.2) is 33.7 Å². The summed E-state index contributed by atoms with van der Waals surface area (Å²) < 4.78 is 1.84. The molecular formula is C19H22ClN3O. The number of rotatable bonds is 4. The lowest BCUT2D eigenvalue weighted by Crippen LogP contribution is -2.30. The molecule has 2 aromatic rings. The second kappa shape index (κ2) is 6.25. The molecule has 0 spiro atoms. The van der Waals surface area contributed by atoms with E-state index in [9.17, 15) is 4.79 Å². The molecule has 0 N–H and O–H groups in total. The number of carbonyl (C=O) groups is 1. The molecule has 3 unspecified atom stereocenters. The maximum atomic E-state index is 12.8. The van der Waals surface area contributed by atoms with Gasteiger partial charge in [0.1, 0.15) is 0 Å². The molecule has 0 bridgehead atoms. The Morgan fingerprint density at radius 2 is 2.21 bits per heavy atom. The van der Waals surface area contributed by atoms with E-state index in [4.69, 9.17) is 11.6 Å². The lowest BCUT2D eigenvalue weighted by molar-refractivity contribution is -0.131. The van der Waals surface area contributed by atoms with Crippen molar-refractivity contribution in [3.8, 4) is 0 Å². The SMILES string of the molecule is Cn1cc(CC2CCN(C(=O)C3CC3c3ccccc3Cl)C2)cn1. The summed E-state index contributed by atoms with van der Waals surface area (Å²) in [5.74, 6) is 1.30. The van der Waals surface area contributed by atoms with Gasteiger partial charge in [-0.05, 0) is 48.3 Å². The Kier molecular flexibility index (Phi) is 4.09. The van der Waals surface area contributed by atoms with Gasteiger partial charge >= 0.3 is 0 Å². The highest BCUT2D eigenvalue weighted by Gasteiger charge is 2.47. The molecule has 1 aliphatic heterocycles. The standard InChI is InChI=1S/C19H22ClN3O/c1-22-11-14(10-21-22)8-13-6-7-23(12-13)19(24)17-9-16(17)15-4-2-3-5-18(15)20/h2-5,10-11,13,16-17H,6-9,12H2,1H3. The van der Waals surface area contributed by atoms with Crippen LogP contribution in [0.25, 0.3) is 0 Å². The molecule has 1 aliphatic carbocycles. The van der Waals surface area contributed by atoms with E-state index >= 15 is 0 Å². The molecule has 2 fully saturated rings. The number of aromatic nitrogens is 2. The van der Waals surface area contributed by atoms with Crippen LogP contribution in [0.1, 0.15) is 29.9 Å². The summed E-state index contributed by atoms with van der Waals surface area (Å²) in [5.41, 5.74) is 2.39. The summed E-state index contributed by atoms with van der Waals surface area (Å²) in [6.45, 7) is 1.76. The Bertz CT molecular complexity index is 757. The van der Waals surface area contributed by atoms with Crippen LogP contribution >= 0.6 is 11.6 Å². The first-order valence-electron chi connectivity index (χ1n) is 8.62. The van der Waals surface area contributed by atoms with Crippen LogP contribution in [0, 0.1) is 11.8 Å². The first-order valence-corrected chi connectivity index (χ1v) is 9.00. The van der Waals surface area contributed by atoms with Crippen LogP contribution in [0.15, 0.2) is 36.7 Å². The number of aryl methyl sites for hydroxylation is 1. The van der Waals surface area contributed by atoms with Gasteiger partial charge in [0.05, 0.1) is 6.20 Å². The molecule has 24 heavy (non-hydrogen) atoms. The highest BCUT2D eigenvalue weighted by atomic mass is 35.5. The third-order valence-electron chi connectivity index (χ3n) is 5.29. The largest absolute Gasteiger partial charge is 0.342 e. The highest BCUT2D eigenvalue weighted by Crippen LogP contribution is 2.50. The number of benzene rings is 1. The van der Waals surface area contributed by atoms with Gasteiger partial charge in [0.2, 0.25) is 5.91 Å². The molecule has 1 aromatic carbocycles. The quantitative estimate of drug-likeness (QED) is 0.854. The van der Waals surface area contributed by atoms with Crippen LogP contribution in [0.5, 0.6) is 0 Å². The van der Waals surface area contributed by atoms with Crippen LogP contribution < -0.4 is 0 Å². The molecule has 1 saturated heterocycles. The van der Waals surface area contributed by atoms with Gasteiger partial charge < -0.3 is 4.90 Å². The van der Waals surface area contributed by atoms with Gasteiger partial charge in [-0.25, -0.2) is 0 Å². The number of likely N-dealkylation sites (tertiary alicyclic amines) is 1. The summed E-state index contributed by atoms with van der Waals surface area (Å²) in [4.78, 5) is 14.8. The maximum Gasteiger partial charge on any atom is 0.226 e. The fourth-order valence-electron chi connectivity index (χ4n) is 3.93. The van der Waals surface area contributed by atoms with E-state index in [0.29, 0.717) is 17.7 Å². The molecule has 126 valence electrons. The average molecular weight is 344 g/mol. The van der Waals surface area contributed by atoms with Crippen molar-refractivity contribution in [1.29, 1.82) is 0 Å². The number of nitrogens with zero attached hydrogens (tertiary/aromatic N) is 3. The van der Waals surface area contributed by atoms with Crippen molar-refractivity contribution in [2.24, 2.45) is 18.9 Å². The van der Waals surface area contributed by atoms with Gasteiger partial charge in [-0.3, -0.25) is 9.48 Å². The molecule has 1 saturated carbocycles. The maximum absolute atomic E-state index is 12.8. The number of carbonyl (C=O) groups excluding carboxylic acids is 1. The number of hydrogen-bond acceptors (Lipinski definition) is 2. The van der Waals surface area contributed by atoms with E-state index in [-0.39, 0.29) is 5.92 Å². The van der Waals surface area contributed by atoms with Crippen molar-refractivity contribution in [2.45, 2.75) is 25.2 Å². The van der Waals surface area contributed by atoms with Crippen LogP contribution in [-0.2, 0) is 18.3 Å². The van der Waals surface area contributed by atoms with Crippen molar-refractivity contribution >= 4 is 17.5 Å². The van der Waals surface area contributed by atoms with Crippen molar-refractivity contribution < 1.29 is 4.79 Å². The van der Waals surface area contributed by atoms with Gasteiger partial charge in [-0.2, -0.15) is 5.10 Å². The molecule has 1 amide bonds. The fraction of sp³-hybridized carbons (Fsp3) is 0.474. The molecule has 2 heterocycles. The first kappa shape index (κ1) is 15.7. The fourth-order valence-corrected chi connectivity index (χ4v) is 4.21. The summed E-state index contributed by atoms with van der Waals surface area (Å²) in [6.07, 6.45) is 7.03. The van der Waals surface area contributed by atoms with E-state index in [1.54, 1.807) is 0 Å². The number of amides is 1. The number of hydrogen-bond donors (Lipinski definition) is 0. The van der Waals surface area contributed by atoms with Gasteiger partial charge in [0.25, 0.3) is 0 Å². The minimum atomic E-state index is 0.127. The predicted molar refractivity (Wildman–Crippen MR) is 93.9 cm³/mol. The summed E-state index contributed by atoms with van der Waals surface area (Å²) in [5, 5.41) is 5.01. The van der Waals surface area contributed by atoms with Crippen LogP contribution in [0.4, 0.5) is 0 Å². The van der Waals surface area contributed by atoms with E-state index in [1.165, 1.54) is 5.56 Å². The first-order chi connectivity index (χ1) is 11.6. The average Bonchev–Trinajstić information content (AvgIpc) is 3.04. The summed E-state index contributed by atoms with van der Waals surface area (Å²) in [6, 6.07) is 7.90. The Morgan fingerprint density at radius 1 is 1.38 bits per heavy atom. The van der Waals surface area contributed by atoms with Crippen LogP contribution in [0.3, 0.4) is 0 Å². The van der Waals surface area contributed by atoms with E-state index in [1.807, 2.05) is 36.1 Å². The topological polar surface area (TPSA) is 38.1 Å². The second-order valence-electron chi connectivity index (χ2n) is 7.14.